The fraction of sp³-hybridized carbons (Fsp3) is 0.0753. The van der Waals surface area contributed by atoms with Gasteiger partial charge >= 0.3 is 0 Å². The Labute approximate surface area is 805 Å². The molecule has 44 heteroatoms. The number of nitrogens with one attached hydrogen (secondary N) is 5. The summed E-state index contributed by atoms with van der Waals surface area (Å²) in [6.07, 6.45) is 22.2. The van der Waals surface area contributed by atoms with Crippen LogP contribution in [-0.2, 0) is 50.1 Å². The zero-order valence-corrected chi connectivity index (χ0v) is 77.4. The molecule has 19 rings (SSSR count). The van der Waals surface area contributed by atoms with E-state index in [1.165, 1.54) is 35.6 Å². The molecule has 137 heavy (non-hydrogen) atoms. The molecule has 0 saturated heterocycles. The maximum atomic E-state index is 15.0. The van der Waals surface area contributed by atoms with Crippen LogP contribution in [0.4, 0.5) is 94.6 Å². The first-order chi connectivity index (χ1) is 65.9. The number of nitro benzene ring substituents is 3. The smallest absolute Gasteiger partial charge is 0.272 e. The average Bonchev–Trinajstić information content (AvgIpc) is 1.67. The maximum Gasteiger partial charge on any atom is 0.272 e. The van der Waals surface area contributed by atoms with Crippen LogP contribution in [-0.4, -0.2) is 95.0 Å². The number of aromatic nitrogens is 12. The van der Waals surface area contributed by atoms with Crippen molar-refractivity contribution >= 4 is 213 Å². The van der Waals surface area contributed by atoms with Crippen molar-refractivity contribution in [3.05, 3.63) is 356 Å². The number of pyridine rings is 4. The molecule has 0 radical (unpaired) electrons. The van der Waals surface area contributed by atoms with E-state index in [-0.39, 0.29) is 51.9 Å². The number of aliphatic imine (C=N–C) groups is 1. The number of imidazole rings is 4. The molecule has 0 aliphatic carbocycles. The van der Waals surface area contributed by atoms with Crippen LogP contribution in [0.25, 0.3) is 83.2 Å². The number of fused-ring (bicyclic) bond motifs is 4. The van der Waals surface area contributed by atoms with Gasteiger partial charge in [0.05, 0.1) is 204 Å². The van der Waals surface area contributed by atoms with E-state index in [4.69, 9.17) is 35.3 Å². The Kier molecular flexibility index (Phi) is 32.9. The number of nitro groups is 3. The van der Waals surface area contributed by atoms with E-state index < -0.39 is 49.5 Å². The molecule has 0 bridgehead atoms. The molecular formula is C93H72ClF6N23O8S6. The van der Waals surface area contributed by atoms with Gasteiger partial charge in [-0.2, -0.15) is 4.99 Å². The molecule has 7 aromatic carbocycles. The number of thiocarbonyl (C=S) groups is 2. The molecule has 0 atom stereocenters. The Morgan fingerprint density at radius 3 is 1.25 bits per heavy atom. The lowest BCUT2D eigenvalue weighted by atomic mass is 10.1. The van der Waals surface area contributed by atoms with Crippen molar-refractivity contribution in [2.45, 2.75) is 26.3 Å². The third-order valence-electron chi connectivity index (χ3n) is 19.1. The molecule has 12 heterocycles. The normalized spacial score (nSPS) is 10.6. The highest BCUT2D eigenvalue weighted by atomic mass is 35.5. The van der Waals surface area contributed by atoms with E-state index in [0.717, 1.165) is 148 Å². The summed E-state index contributed by atoms with van der Waals surface area (Å²) in [5.74, 6) is -5.11. The maximum absolute atomic E-state index is 15.0. The molecular weight excluding hydrogens is 1910 g/mol. The predicted octanol–water partition coefficient (Wildman–Crippen LogP) is 23.2. The van der Waals surface area contributed by atoms with Gasteiger partial charge in [-0.15, -0.1) is 45.3 Å². The molecule has 2 amide bonds. The van der Waals surface area contributed by atoms with Crippen molar-refractivity contribution in [3.63, 3.8) is 0 Å². The van der Waals surface area contributed by atoms with Gasteiger partial charge in [0.1, 0.15) is 11.6 Å². The number of isothiocyanates is 1. The van der Waals surface area contributed by atoms with Crippen LogP contribution >= 0.6 is 81.4 Å². The Hall–Kier alpha value is -16.3. The van der Waals surface area contributed by atoms with E-state index in [2.05, 4.69) is 95.2 Å². The molecule has 0 aliphatic rings. The third-order valence-corrected chi connectivity index (χ3v) is 24.5. The number of carbonyl (C=O) groups excluding carboxylic acids is 2. The number of rotatable bonds is 19. The highest BCUT2D eigenvalue weighted by molar-refractivity contribution is 7.80. The number of amides is 2. The number of halogens is 7. The first-order valence-electron chi connectivity index (χ1n) is 40.2. The van der Waals surface area contributed by atoms with Crippen molar-refractivity contribution in [1.29, 1.82) is 0 Å². The van der Waals surface area contributed by atoms with Crippen molar-refractivity contribution in [2.24, 2.45) is 26.1 Å². The summed E-state index contributed by atoms with van der Waals surface area (Å²) in [6, 6.07) is 51.9. The summed E-state index contributed by atoms with van der Waals surface area (Å²) < 4.78 is 91.5. The number of nitrogens with two attached hydrogens (primary N) is 2. The second-order valence-electron chi connectivity index (χ2n) is 29.0. The molecule has 9 N–H and O–H groups in total. The van der Waals surface area contributed by atoms with Gasteiger partial charge in [-0.25, -0.2) is 46.3 Å². The minimum Gasteiger partial charge on any atom is -0.399 e. The largest absolute Gasteiger partial charge is 0.399 e. The number of benzene rings is 7. The van der Waals surface area contributed by atoms with Gasteiger partial charge in [0.15, 0.2) is 28.4 Å². The number of nitrogens with zero attached hydrogens (tertiary/aromatic N) is 16. The molecule has 0 saturated carbocycles. The summed E-state index contributed by atoms with van der Waals surface area (Å²) in [5.41, 5.74) is 22.2. The minimum absolute atomic E-state index is 0.0874. The summed E-state index contributed by atoms with van der Waals surface area (Å²) >= 11 is 21.9. The molecule has 0 unspecified atom stereocenters. The Bertz CT molecular complexity index is 7620. The van der Waals surface area contributed by atoms with E-state index in [1.807, 2.05) is 174 Å². The number of hydrogen-bond donors (Lipinski definition) is 7. The van der Waals surface area contributed by atoms with Gasteiger partial charge in [-0.3, -0.25) is 59.9 Å². The summed E-state index contributed by atoms with van der Waals surface area (Å²) in [5, 5.41) is 48.5. The number of nitrogen functional groups attached to an aromatic ring is 2. The zero-order chi connectivity index (χ0) is 97.5. The van der Waals surface area contributed by atoms with Crippen molar-refractivity contribution in [3.8, 4) is 42.3 Å². The Balaban J connectivity index is 0.000000141. The van der Waals surface area contributed by atoms with Crippen LogP contribution in [0, 0.1) is 65.2 Å². The van der Waals surface area contributed by atoms with Gasteiger partial charge in [-0.05, 0) is 146 Å². The van der Waals surface area contributed by atoms with Crippen LogP contribution < -0.4 is 38.1 Å². The van der Waals surface area contributed by atoms with Crippen molar-refractivity contribution in [2.75, 3.05) is 32.7 Å². The topological polar surface area (TPSA) is 411 Å². The number of hydrogen-bond acceptors (Lipinski definition) is 27. The molecule has 0 spiro atoms. The van der Waals surface area contributed by atoms with Crippen molar-refractivity contribution < 1.29 is 50.7 Å². The molecule has 0 fully saturated rings. The first kappa shape index (κ1) is 98.2. The van der Waals surface area contributed by atoms with Crippen molar-refractivity contribution in [1.82, 2.24) is 63.5 Å². The van der Waals surface area contributed by atoms with Gasteiger partial charge in [0.2, 0.25) is 5.91 Å². The lowest BCUT2D eigenvalue weighted by Crippen LogP contribution is -2.35. The molecule has 19 aromatic rings. The van der Waals surface area contributed by atoms with Gasteiger partial charge in [0.25, 0.3) is 23.0 Å². The number of anilines is 9. The SMILES string of the molecule is CCn1cnc(-c2cc3nccc(Cl)c3s2)c1.Cn1cnc(-c2cc3nccc(Nc4ccc(N)cc4F)c3s2)c1.Cn1cnc(-c2cc3nccc(Nc4ccc(NC(=S)NC(=O)Cc5ccccc5)cc4F)c3s2)c1.Cn1cnc(-c2cc3nccc(Nc4ccc([N+](=O)[O-])cc4F)c3s2)c1.Nc1ccc([N+](=O)[O-])cc1F.O=C(Cc1ccccc1)N=C=S.O=[N+]([O-])c1ccc(F)c(F)c1. The van der Waals surface area contributed by atoms with Crippen LogP contribution in [0.2, 0.25) is 5.02 Å². The summed E-state index contributed by atoms with van der Waals surface area (Å²) in [7, 11) is 5.74. The Morgan fingerprint density at radius 1 is 0.445 bits per heavy atom. The fourth-order valence-corrected chi connectivity index (χ4v) is 17.2. The number of aryl methyl sites for hydroxylation is 4. The lowest BCUT2D eigenvalue weighted by molar-refractivity contribution is -0.385. The van der Waals surface area contributed by atoms with E-state index in [0.29, 0.717) is 47.0 Å². The van der Waals surface area contributed by atoms with E-state index in [1.54, 1.807) is 108 Å². The van der Waals surface area contributed by atoms with E-state index >= 15 is 0 Å². The van der Waals surface area contributed by atoms with Gasteiger partial charge in [0, 0.05) is 107 Å². The second-order valence-corrected chi connectivity index (χ2v) is 34.2. The van der Waals surface area contributed by atoms with Gasteiger partial charge in [-0.1, -0.05) is 72.3 Å². The minimum atomic E-state index is -1.21. The van der Waals surface area contributed by atoms with Gasteiger partial charge < -0.3 is 56.3 Å². The molecule has 12 aromatic heterocycles. The number of non-ortho nitro benzene ring substituents is 3. The first-order valence-corrected chi connectivity index (χ1v) is 44.7. The highest BCUT2D eigenvalue weighted by Crippen LogP contribution is 2.42. The number of thiophene rings is 4. The zero-order valence-electron chi connectivity index (χ0n) is 71.8. The Morgan fingerprint density at radius 2 is 0.839 bits per heavy atom. The average molecular weight is 1980 g/mol. The molecule has 0 aliphatic heterocycles. The standard InChI is InChI=1S/C26H21FN6OS2.C17H12FN5O2S.C17H14FN5S.C12H10ClN3S.C9H7NOS.C6H3F2NO2.C6H5FN2O2/c1-33-14-22(29-15-33)23-13-21-25(36-23)20(9-10-28-21)31-19-8-7-17(12-18(19)27)30-26(35)32-24(34)11-16-5-3-2-4-6-16;1-22-8-15(20-9-22)16-7-14-17(26-16)13(4-5-19-14)21-12-3-2-10(23(24)25)6-11(12)18;1-23-8-15(21-9-23)16-7-14-17(24-16)13(4-5-20-14)22-12-3-2-10(19)6-11(12)18;1-2-16-6-10(15-7-16)11-5-9-12(17-11)8(13)3-4-14-9;11-9(10-7-12)6-8-4-2-1-3-5-8;7-5-2-1-4(9(10)11)3-6(5)8;7-5-3-4(9(10)11)1-2-6(5)8/h2-10,12-15H,11H2,1H3,(H,28,31)(H2,30,32,34,35);2-9H,1H3,(H,19,21);2-9H,19H2,1H3,(H,20,22);3-7H,2H2,1H3;1-5H,6H2;1-3H;1-3H,8H2. The molecule has 31 nitrogen and oxygen atoms in total. The van der Waals surface area contributed by atoms with Crippen LogP contribution in [0.3, 0.4) is 0 Å². The summed E-state index contributed by atoms with van der Waals surface area (Å²) in [4.78, 5) is 94.2. The third kappa shape index (κ3) is 26.6. The monoisotopic (exact) mass is 1980 g/mol. The van der Waals surface area contributed by atoms with E-state index in [9.17, 15) is 66.3 Å². The lowest BCUT2D eigenvalue weighted by Gasteiger charge is -2.12. The summed E-state index contributed by atoms with van der Waals surface area (Å²) in [6.45, 7) is 3.02. The quantitative estimate of drug-likeness (QED) is 0.00987. The number of carbonyl (C=O) groups is 2. The van der Waals surface area contributed by atoms with Crippen LogP contribution in [0.1, 0.15) is 18.1 Å². The fourth-order valence-electron chi connectivity index (χ4n) is 12.5. The van der Waals surface area contributed by atoms with Crippen LogP contribution in [0.5, 0.6) is 0 Å². The second kappa shape index (κ2) is 45.9. The highest BCUT2D eigenvalue weighted by Gasteiger charge is 2.21. The predicted molar refractivity (Wildman–Crippen MR) is 532 cm³/mol. The molecule has 692 valence electrons. The van der Waals surface area contributed by atoms with Crippen LogP contribution in [0.15, 0.2) is 280 Å².